The zero-order chi connectivity index (χ0) is 16.0. The highest BCUT2D eigenvalue weighted by molar-refractivity contribution is 6.30. The number of rotatable bonds is 6. The number of urea groups is 1. The Morgan fingerprint density at radius 3 is 2.43 bits per heavy atom. The summed E-state index contributed by atoms with van der Waals surface area (Å²) in [5, 5.41) is 4.97. The molecule has 114 valence electrons. The minimum atomic E-state index is -1.58. The van der Waals surface area contributed by atoms with Crippen molar-refractivity contribution in [2.45, 2.75) is 12.6 Å². The van der Waals surface area contributed by atoms with Crippen molar-refractivity contribution >= 4 is 29.4 Å². The standard InChI is InChI=1S/C12H15ClN4O4/c1-21-8-3-2-7(13)4-6(8)5-16-12(20)17-9(10(14)18)11(15)19/h2-4,9H,5H2,1H3,(H2,14,18)(H2,15,19)(H2,16,17,20). The summed E-state index contributed by atoms with van der Waals surface area (Å²) in [7, 11) is 1.48. The van der Waals surface area contributed by atoms with Crippen molar-refractivity contribution in [2.24, 2.45) is 11.5 Å². The second-order valence-corrected chi connectivity index (χ2v) is 4.46. The highest BCUT2D eigenvalue weighted by atomic mass is 35.5. The van der Waals surface area contributed by atoms with Crippen LogP contribution in [0.5, 0.6) is 5.75 Å². The molecule has 21 heavy (non-hydrogen) atoms. The van der Waals surface area contributed by atoms with Gasteiger partial charge in [-0.2, -0.15) is 0 Å². The van der Waals surface area contributed by atoms with Gasteiger partial charge in [0.05, 0.1) is 7.11 Å². The topological polar surface area (TPSA) is 137 Å². The molecule has 0 aromatic heterocycles. The van der Waals surface area contributed by atoms with Gasteiger partial charge in [-0.15, -0.1) is 0 Å². The van der Waals surface area contributed by atoms with Crippen LogP contribution >= 0.6 is 11.6 Å². The first-order chi connectivity index (χ1) is 9.85. The number of hydrogen-bond acceptors (Lipinski definition) is 4. The molecule has 0 bridgehead atoms. The zero-order valence-electron chi connectivity index (χ0n) is 11.2. The third kappa shape index (κ3) is 4.84. The Kier molecular flexibility index (Phi) is 5.79. The highest BCUT2D eigenvalue weighted by Crippen LogP contribution is 2.22. The lowest BCUT2D eigenvalue weighted by molar-refractivity contribution is -0.128. The Morgan fingerprint density at radius 1 is 1.29 bits per heavy atom. The minimum Gasteiger partial charge on any atom is -0.496 e. The molecule has 4 amide bonds. The first-order valence-corrected chi connectivity index (χ1v) is 6.18. The van der Waals surface area contributed by atoms with Gasteiger partial charge in [-0.3, -0.25) is 9.59 Å². The molecule has 0 radical (unpaired) electrons. The molecule has 0 saturated heterocycles. The number of methoxy groups -OCH3 is 1. The van der Waals surface area contributed by atoms with Gasteiger partial charge in [0.25, 0.3) is 0 Å². The Hall–Kier alpha value is -2.48. The van der Waals surface area contributed by atoms with E-state index in [4.69, 9.17) is 27.8 Å². The average Bonchev–Trinajstić information content (AvgIpc) is 2.42. The van der Waals surface area contributed by atoms with Gasteiger partial charge < -0.3 is 26.8 Å². The Balaban J connectivity index is 2.67. The summed E-state index contributed by atoms with van der Waals surface area (Å²) < 4.78 is 5.11. The summed E-state index contributed by atoms with van der Waals surface area (Å²) in [5.74, 6) is -1.56. The third-order valence-corrected chi connectivity index (χ3v) is 2.76. The molecule has 0 aliphatic rings. The third-order valence-electron chi connectivity index (χ3n) is 2.53. The van der Waals surface area contributed by atoms with Crippen LogP contribution in [0.25, 0.3) is 0 Å². The first-order valence-electron chi connectivity index (χ1n) is 5.80. The van der Waals surface area contributed by atoms with Crippen LogP contribution < -0.4 is 26.8 Å². The number of nitrogens with one attached hydrogen (secondary N) is 2. The molecule has 1 rings (SSSR count). The van der Waals surface area contributed by atoms with Crippen LogP contribution in [0.2, 0.25) is 5.02 Å². The number of benzene rings is 1. The minimum absolute atomic E-state index is 0.0693. The van der Waals surface area contributed by atoms with Crippen molar-refractivity contribution < 1.29 is 19.1 Å². The Morgan fingerprint density at radius 2 is 1.90 bits per heavy atom. The van der Waals surface area contributed by atoms with E-state index in [1.807, 2.05) is 0 Å². The molecule has 0 atom stereocenters. The van der Waals surface area contributed by atoms with Crippen molar-refractivity contribution in [1.29, 1.82) is 0 Å². The maximum Gasteiger partial charge on any atom is 0.316 e. The van der Waals surface area contributed by atoms with Crippen molar-refractivity contribution in [3.05, 3.63) is 28.8 Å². The summed E-state index contributed by atoms with van der Waals surface area (Å²) >= 11 is 5.85. The van der Waals surface area contributed by atoms with E-state index in [0.717, 1.165) is 0 Å². The predicted octanol–water partition coefficient (Wildman–Crippen LogP) is -0.513. The second-order valence-electron chi connectivity index (χ2n) is 4.02. The van der Waals surface area contributed by atoms with E-state index in [2.05, 4.69) is 10.6 Å². The molecule has 0 aliphatic carbocycles. The van der Waals surface area contributed by atoms with E-state index >= 15 is 0 Å². The van der Waals surface area contributed by atoms with Gasteiger partial charge in [-0.1, -0.05) is 11.6 Å². The predicted molar refractivity (Wildman–Crippen MR) is 75.6 cm³/mol. The number of nitrogens with two attached hydrogens (primary N) is 2. The molecule has 0 aliphatic heterocycles. The zero-order valence-corrected chi connectivity index (χ0v) is 11.9. The maximum atomic E-state index is 11.6. The molecule has 8 nitrogen and oxygen atoms in total. The van der Waals surface area contributed by atoms with Gasteiger partial charge in [0.15, 0.2) is 6.04 Å². The van der Waals surface area contributed by atoms with Crippen LogP contribution in [0.15, 0.2) is 18.2 Å². The molecule has 0 spiro atoms. The molecule has 9 heteroatoms. The van der Waals surface area contributed by atoms with Gasteiger partial charge >= 0.3 is 6.03 Å². The van der Waals surface area contributed by atoms with Gasteiger partial charge in [-0.25, -0.2) is 4.79 Å². The van der Waals surface area contributed by atoms with E-state index in [1.54, 1.807) is 18.2 Å². The van der Waals surface area contributed by atoms with E-state index < -0.39 is 23.9 Å². The molecule has 0 heterocycles. The molecule has 0 fully saturated rings. The molecule has 1 aromatic carbocycles. The number of ether oxygens (including phenoxy) is 1. The second kappa shape index (κ2) is 7.34. The van der Waals surface area contributed by atoms with Crippen molar-refractivity contribution in [3.63, 3.8) is 0 Å². The monoisotopic (exact) mass is 314 g/mol. The summed E-state index contributed by atoms with van der Waals surface area (Å²) in [6.07, 6.45) is 0. The van der Waals surface area contributed by atoms with E-state index in [0.29, 0.717) is 16.3 Å². The van der Waals surface area contributed by atoms with Crippen LogP contribution in [0.1, 0.15) is 5.56 Å². The fourth-order valence-electron chi connectivity index (χ4n) is 1.53. The normalized spacial score (nSPS) is 10.0. The SMILES string of the molecule is COc1ccc(Cl)cc1CNC(=O)NC(C(N)=O)C(N)=O. The smallest absolute Gasteiger partial charge is 0.316 e. The number of carbonyl (C=O) groups excluding carboxylic acids is 3. The molecule has 0 unspecified atom stereocenters. The van der Waals surface area contributed by atoms with Gasteiger partial charge in [0.1, 0.15) is 5.75 Å². The van der Waals surface area contributed by atoms with Crippen LogP contribution in [0.4, 0.5) is 4.79 Å². The summed E-state index contributed by atoms with van der Waals surface area (Å²) in [4.78, 5) is 33.5. The van der Waals surface area contributed by atoms with Crippen LogP contribution in [0, 0.1) is 0 Å². The lowest BCUT2D eigenvalue weighted by atomic mass is 10.2. The first kappa shape index (κ1) is 16.6. The molecule has 0 saturated carbocycles. The fourth-order valence-corrected chi connectivity index (χ4v) is 1.72. The van der Waals surface area contributed by atoms with E-state index in [9.17, 15) is 14.4 Å². The number of primary amides is 2. The lowest BCUT2D eigenvalue weighted by Gasteiger charge is -2.14. The van der Waals surface area contributed by atoms with Crippen molar-refractivity contribution in [2.75, 3.05) is 7.11 Å². The Labute approximate surface area is 125 Å². The average molecular weight is 315 g/mol. The highest BCUT2D eigenvalue weighted by Gasteiger charge is 2.23. The lowest BCUT2D eigenvalue weighted by Crippen LogP contribution is -2.54. The summed E-state index contributed by atoms with van der Waals surface area (Å²) in [6.45, 7) is 0.0693. The quantitative estimate of drug-likeness (QED) is 0.525. The molecule has 1 aromatic rings. The number of amides is 4. The van der Waals surface area contributed by atoms with Crippen molar-refractivity contribution in [3.8, 4) is 5.75 Å². The Bertz CT molecular complexity index is 550. The summed E-state index contributed by atoms with van der Waals surface area (Å²) in [6, 6.07) is 2.54. The van der Waals surface area contributed by atoms with Gasteiger partial charge in [0.2, 0.25) is 11.8 Å². The molecular formula is C12H15ClN4O4. The number of carbonyl (C=O) groups is 3. The van der Waals surface area contributed by atoms with Crippen LogP contribution in [0.3, 0.4) is 0 Å². The maximum absolute atomic E-state index is 11.6. The van der Waals surface area contributed by atoms with E-state index in [-0.39, 0.29) is 6.54 Å². The molecular weight excluding hydrogens is 300 g/mol. The number of hydrogen-bond donors (Lipinski definition) is 4. The molecule has 6 N–H and O–H groups in total. The van der Waals surface area contributed by atoms with Crippen molar-refractivity contribution in [1.82, 2.24) is 10.6 Å². The van der Waals surface area contributed by atoms with Gasteiger partial charge in [0, 0.05) is 17.1 Å². The van der Waals surface area contributed by atoms with Gasteiger partial charge in [-0.05, 0) is 18.2 Å². The number of halogens is 1. The summed E-state index contributed by atoms with van der Waals surface area (Å²) in [5.41, 5.74) is 10.5. The largest absolute Gasteiger partial charge is 0.496 e. The fraction of sp³-hybridized carbons (Fsp3) is 0.250. The van der Waals surface area contributed by atoms with Crippen LogP contribution in [-0.2, 0) is 16.1 Å². The van der Waals surface area contributed by atoms with Crippen LogP contribution in [-0.4, -0.2) is 31.0 Å². The van der Waals surface area contributed by atoms with E-state index in [1.165, 1.54) is 7.11 Å².